The number of piperazine rings is 1. The van der Waals surface area contributed by atoms with E-state index in [4.69, 9.17) is 0 Å². The van der Waals surface area contributed by atoms with Crippen molar-refractivity contribution in [2.24, 2.45) is 11.8 Å². The summed E-state index contributed by atoms with van der Waals surface area (Å²) in [5.41, 5.74) is 3.19. The number of hydrogen-bond acceptors (Lipinski definition) is 7. The number of carbonyl (C=O) groups excluding carboxylic acids is 4. The Hall–Kier alpha value is -5.10. The van der Waals surface area contributed by atoms with Crippen LogP contribution >= 0.6 is 11.3 Å². The Bertz CT molecular complexity index is 1850. The van der Waals surface area contributed by atoms with Gasteiger partial charge in [0.15, 0.2) is 0 Å². The molecule has 1 aliphatic carbocycles. The highest BCUT2D eigenvalue weighted by Crippen LogP contribution is 2.37. The number of likely N-dealkylation sites (N-methyl/N-ethyl adjacent to an activating group) is 1. The molecule has 3 amide bonds. The average Bonchev–Trinajstić information content (AvgIpc) is 3.90. The maximum atomic E-state index is 14.3. The summed E-state index contributed by atoms with van der Waals surface area (Å²) in [6, 6.07) is 13.7. The van der Waals surface area contributed by atoms with Gasteiger partial charge in [0.2, 0.25) is 17.7 Å². The average molecular weight is 666 g/mol. The molecule has 2 aliphatic rings. The summed E-state index contributed by atoms with van der Waals surface area (Å²) in [7, 11) is 3.41. The van der Waals surface area contributed by atoms with Crippen LogP contribution in [-0.2, 0) is 27.2 Å². The number of fused-ring (bicyclic) bond motifs is 2. The Balaban J connectivity index is 0.000000280. The van der Waals surface area contributed by atoms with Crippen molar-refractivity contribution in [1.29, 1.82) is 0 Å². The van der Waals surface area contributed by atoms with Crippen LogP contribution in [0.1, 0.15) is 43.0 Å². The highest BCUT2D eigenvalue weighted by Gasteiger charge is 2.49. The first-order valence-corrected chi connectivity index (χ1v) is 16.9. The van der Waals surface area contributed by atoms with Gasteiger partial charge in [0.05, 0.1) is 0 Å². The molecule has 1 fully saturated rings. The summed E-state index contributed by atoms with van der Waals surface area (Å²) >= 11 is 1.64. The first-order valence-electron chi connectivity index (χ1n) is 16.0. The van der Waals surface area contributed by atoms with Gasteiger partial charge in [-0.15, -0.1) is 11.3 Å². The summed E-state index contributed by atoms with van der Waals surface area (Å²) < 4.78 is 3.88. The number of nitrogens with zero attached hydrogens (tertiary/aromatic N) is 6. The number of aromatic nitrogens is 4. The summed E-state index contributed by atoms with van der Waals surface area (Å²) in [6.45, 7) is 4.08. The molecule has 12 heteroatoms. The molecule has 1 saturated heterocycles. The number of amides is 3. The largest absolute Gasteiger partial charge is 0.347 e. The quantitative estimate of drug-likeness (QED) is 0.279. The maximum absolute atomic E-state index is 14.3. The highest BCUT2D eigenvalue weighted by molar-refractivity contribution is 7.17. The molecule has 2 aromatic carbocycles. The Morgan fingerprint density at radius 3 is 2.17 bits per heavy atom. The van der Waals surface area contributed by atoms with E-state index in [1.165, 1.54) is 37.8 Å². The number of imidazole rings is 2. The second-order valence-corrected chi connectivity index (χ2v) is 13.8. The number of carbonyl (C=O) groups is 4. The van der Waals surface area contributed by atoms with Gasteiger partial charge in [-0.05, 0) is 76.8 Å². The minimum atomic E-state index is -0.863. The monoisotopic (exact) mass is 665 g/mol. The molecule has 0 bridgehead atoms. The van der Waals surface area contributed by atoms with Crippen LogP contribution in [0.15, 0.2) is 91.4 Å². The fraction of sp³-hybridized carbons (Fsp3) is 0.333. The van der Waals surface area contributed by atoms with Gasteiger partial charge in [-0.25, -0.2) is 14.8 Å². The molecule has 3 atom stereocenters. The third-order valence-corrected chi connectivity index (χ3v) is 9.80. The number of hydrogen-bond donors (Lipinski definition) is 1. The van der Waals surface area contributed by atoms with Crippen molar-refractivity contribution in [3.05, 3.63) is 108 Å². The molecule has 0 spiro atoms. The molecule has 0 unspecified atom stereocenters. The van der Waals surface area contributed by atoms with Crippen LogP contribution in [0.25, 0.3) is 10.1 Å². The molecule has 1 N–H and O–H groups in total. The zero-order valence-electron chi connectivity index (χ0n) is 27.4. The van der Waals surface area contributed by atoms with Gasteiger partial charge >= 0.3 is 6.03 Å². The van der Waals surface area contributed by atoms with Gasteiger partial charge in [-0.2, -0.15) is 0 Å². The van der Waals surface area contributed by atoms with Crippen LogP contribution in [0, 0.1) is 11.8 Å². The van der Waals surface area contributed by atoms with Crippen LogP contribution in [0.2, 0.25) is 0 Å². The predicted molar refractivity (Wildman–Crippen MR) is 183 cm³/mol. The Morgan fingerprint density at radius 1 is 0.958 bits per heavy atom. The van der Waals surface area contributed by atoms with E-state index in [1.807, 2.05) is 55.6 Å². The SMILES string of the molecule is CC(C)C[C@@H]1C(=O)N[C@H](C2Cc3ccccc3C2)C(=O)N1[C@@H](C(=O)N(C)C)c1ccc2sccc2c1.O=C(n1ccnc1)n1ccnc1. The molecule has 0 radical (unpaired) electrons. The van der Waals surface area contributed by atoms with Crippen molar-refractivity contribution < 1.29 is 19.2 Å². The minimum absolute atomic E-state index is 0.0317. The Labute approximate surface area is 283 Å². The van der Waals surface area contributed by atoms with Crippen LogP contribution in [-0.4, -0.2) is 78.8 Å². The van der Waals surface area contributed by atoms with Gasteiger partial charge in [0, 0.05) is 43.6 Å². The van der Waals surface area contributed by atoms with E-state index in [2.05, 4.69) is 27.4 Å². The number of rotatable bonds is 6. The van der Waals surface area contributed by atoms with E-state index in [-0.39, 0.29) is 35.6 Å². The lowest BCUT2D eigenvalue weighted by atomic mass is 9.87. The van der Waals surface area contributed by atoms with Crippen molar-refractivity contribution >= 4 is 45.2 Å². The van der Waals surface area contributed by atoms with Gasteiger partial charge in [0.25, 0.3) is 0 Å². The van der Waals surface area contributed by atoms with E-state index in [0.29, 0.717) is 6.42 Å². The maximum Gasteiger partial charge on any atom is 0.338 e. The molecule has 11 nitrogen and oxygen atoms in total. The van der Waals surface area contributed by atoms with Gasteiger partial charge in [0.1, 0.15) is 30.8 Å². The van der Waals surface area contributed by atoms with Gasteiger partial charge < -0.3 is 15.1 Å². The van der Waals surface area contributed by atoms with E-state index < -0.39 is 18.1 Å². The first-order chi connectivity index (χ1) is 23.1. The van der Waals surface area contributed by atoms with Gasteiger partial charge in [-0.3, -0.25) is 23.5 Å². The number of benzene rings is 2. The predicted octanol–water partition coefficient (Wildman–Crippen LogP) is 4.78. The number of nitrogens with one attached hydrogen (secondary N) is 1. The van der Waals surface area contributed by atoms with E-state index >= 15 is 0 Å². The first kappa shape index (κ1) is 32.8. The van der Waals surface area contributed by atoms with E-state index in [9.17, 15) is 19.2 Å². The zero-order chi connectivity index (χ0) is 33.9. The van der Waals surface area contributed by atoms with E-state index in [0.717, 1.165) is 28.5 Å². The molecule has 0 saturated carbocycles. The van der Waals surface area contributed by atoms with Crippen molar-refractivity contribution in [2.75, 3.05) is 14.1 Å². The van der Waals surface area contributed by atoms with Crippen molar-refractivity contribution in [3.8, 4) is 0 Å². The molecule has 5 aromatic rings. The molecular formula is C36H39N7O4S. The lowest BCUT2D eigenvalue weighted by Gasteiger charge is -2.45. The summed E-state index contributed by atoms with van der Waals surface area (Å²) in [5.74, 6) is -0.385. The summed E-state index contributed by atoms with van der Waals surface area (Å²) in [4.78, 5) is 63.7. The lowest BCUT2D eigenvalue weighted by molar-refractivity contribution is -0.159. The van der Waals surface area contributed by atoms with E-state index in [1.54, 1.807) is 55.1 Å². The zero-order valence-corrected chi connectivity index (χ0v) is 28.2. The molecule has 248 valence electrons. The van der Waals surface area contributed by atoms with Crippen molar-refractivity contribution in [3.63, 3.8) is 0 Å². The van der Waals surface area contributed by atoms with Crippen molar-refractivity contribution in [1.82, 2.24) is 34.2 Å². The Morgan fingerprint density at radius 2 is 1.60 bits per heavy atom. The molecule has 7 rings (SSSR count). The van der Waals surface area contributed by atoms with Crippen molar-refractivity contribution in [2.45, 2.75) is 51.2 Å². The second kappa shape index (κ2) is 13.9. The minimum Gasteiger partial charge on any atom is -0.347 e. The van der Waals surface area contributed by atoms with Crippen LogP contribution in [0.3, 0.4) is 0 Å². The topological polar surface area (TPSA) is 122 Å². The molecule has 4 heterocycles. The molecule has 48 heavy (non-hydrogen) atoms. The van der Waals surface area contributed by atoms with Gasteiger partial charge in [-0.1, -0.05) is 44.2 Å². The third kappa shape index (κ3) is 6.66. The summed E-state index contributed by atoms with van der Waals surface area (Å²) in [6.07, 6.45) is 11.1. The molecular weight excluding hydrogens is 627 g/mol. The fourth-order valence-corrected chi connectivity index (χ4v) is 7.34. The van der Waals surface area contributed by atoms with Crippen LogP contribution in [0.4, 0.5) is 4.79 Å². The highest BCUT2D eigenvalue weighted by atomic mass is 32.1. The Kier molecular flexibility index (Phi) is 9.54. The fourth-order valence-electron chi connectivity index (χ4n) is 6.57. The smallest absolute Gasteiger partial charge is 0.338 e. The lowest BCUT2D eigenvalue weighted by Crippen LogP contribution is -2.67. The van der Waals surface area contributed by atoms with Crippen LogP contribution in [0.5, 0.6) is 0 Å². The summed E-state index contributed by atoms with van der Waals surface area (Å²) in [5, 5.41) is 6.13. The second-order valence-electron chi connectivity index (χ2n) is 12.9. The normalized spacial score (nSPS) is 18.3. The standard InChI is InChI=1S/C29H33N3O3S.C7H6N4O/c1-17(2)13-23-27(33)30-25(22-14-18-7-5-6-8-19(18)15-22)28(34)32(23)26(29(35)31(3)4)21-9-10-24-20(16-21)11-12-36-24;12-7(10-3-1-8-5-10)11-4-2-9-6-11/h5-12,16-17,22-23,25-26H,13-15H2,1-4H3,(H,30,33);1-6H/t23-,25-,26-;/m1./s1. The van der Waals surface area contributed by atoms with Crippen LogP contribution < -0.4 is 5.32 Å². The number of thiophene rings is 1. The molecule has 1 aliphatic heterocycles. The third-order valence-electron chi connectivity index (χ3n) is 8.90. The molecule has 3 aromatic heterocycles.